The molecule has 0 amide bonds. The van der Waals surface area contributed by atoms with Gasteiger partial charge in [-0.3, -0.25) is 4.79 Å². The summed E-state index contributed by atoms with van der Waals surface area (Å²) < 4.78 is 6.86. The fraction of sp³-hybridized carbons (Fsp3) is 0.917. The van der Waals surface area contributed by atoms with E-state index in [2.05, 4.69) is 49.2 Å². The molecule has 0 aliphatic rings. The first kappa shape index (κ1) is 15.4. The lowest BCUT2D eigenvalue weighted by molar-refractivity contribution is -0.894. The van der Waals surface area contributed by atoms with Gasteiger partial charge in [-0.2, -0.15) is 0 Å². The predicted octanol–water partition coefficient (Wildman–Crippen LogP) is 0.721. The lowest BCUT2D eigenvalue weighted by Crippen LogP contribution is -2.46. The van der Waals surface area contributed by atoms with Gasteiger partial charge in [-0.15, -0.1) is 0 Å². The van der Waals surface area contributed by atoms with Crippen LogP contribution in [-0.4, -0.2) is 76.4 Å². The van der Waals surface area contributed by atoms with Gasteiger partial charge in [0.25, 0.3) is 0 Å². The molecule has 0 rings (SSSR count). The van der Waals surface area contributed by atoms with Gasteiger partial charge in [-0.1, -0.05) is 0 Å². The zero-order valence-corrected chi connectivity index (χ0v) is 11.9. The Hall–Kier alpha value is -0.610. The maximum atomic E-state index is 11.5. The van der Waals surface area contributed by atoms with E-state index in [1.54, 1.807) is 0 Å². The second kappa shape index (κ2) is 5.64. The van der Waals surface area contributed by atoms with Crippen LogP contribution in [0.3, 0.4) is 0 Å². The van der Waals surface area contributed by atoms with Gasteiger partial charge in [0, 0.05) is 0 Å². The molecule has 0 aliphatic carbocycles. The van der Waals surface area contributed by atoms with Crippen molar-refractivity contribution in [2.24, 2.45) is 0 Å². The highest BCUT2D eigenvalue weighted by molar-refractivity contribution is 5.69. The number of quaternary nitrogens is 2. The lowest BCUT2D eigenvalue weighted by Gasteiger charge is -2.31. The SMILES string of the molecule is CC(COC(=O)CC[N+](C)(C)C)[N+](C)(C)C. The summed E-state index contributed by atoms with van der Waals surface area (Å²) >= 11 is 0. The zero-order valence-electron chi connectivity index (χ0n) is 11.9. The van der Waals surface area contributed by atoms with Crippen LogP contribution in [0.25, 0.3) is 0 Å². The standard InChI is InChI=1S/C12H28N2O2/c1-11(14(5,6)7)10-16-12(15)8-9-13(2,3)4/h11H,8-10H2,1-7H3/q+2. The molecule has 0 fully saturated rings. The molecule has 96 valence electrons. The van der Waals surface area contributed by atoms with Crippen molar-refractivity contribution in [1.29, 1.82) is 0 Å². The molecule has 0 saturated heterocycles. The van der Waals surface area contributed by atoms with E-state index in [1.165, 1.54) is 0 Å². The minimum absolute atomic E-state index is 0.0895. The van der Waals surface area contributed by atoms with Crippen LogP contribution in [0, 0.1) is 0 Å². The van der Waals surface area contributed by atoms with Crippen LogP contribution in [0.15, 0.2) is 0 Å². The Labute approximate surface area is 100.0 Å². The Morgan fingerprint density at radius 3 is 2.00 bits per heavy atom. The Kier molecular flexibility index (Phi) is 5.42. The van der Waals surface area contributed by atoms with Gasteiger partial charge >= 0.3 is 5.97 Å². The summed E-state index contributed by atoms with van der Waals surface area (Å²) in [6.45, 7) is 3.41. The molecule has 1 unspecified atom stereocenters. The first-order valence-corrected chi connectivity index (χ1v) is 5.79. The monoisotopic (exact) mass is 232 g/mol. The van der Waals surface area contributed by atoms with E-state index < -0.39 is 0 Å². The molecule has 0 N–H and O–H groups in total. The Morgan fingerprint density at radius 2 is 1.62 bits per heavy atom. The molecule has 0 aromatic heterocycles. The second-order valence-electron chi connectivity index (χ2n) is 6.41. The number of nitrogens with zero attached hydrogens (tertiary/aromatic N) is 2. The maximum Gasteiger partial charge on any atom is 0.311 e. The van der Waals surface area contributed by atoms with Crippen molar-refractivity contribution < 1.29 is 18.5 Å². The van der Waals surface area contributed by atoms with Gasteiger partial charge in [-0.05, 0) is 6.92 Å². The molecule has 1 atom stereocenters. The number of likely N-dealkylation sites (N-methyl/N-ethyl adjacent to an activating group) is 1. The molecule has 0 saturated carbocycles. The van der Waals surface area contributed by atoms with Crippen LogP contribution in [-0.2, 0) is 9.53 Å². The Balaban J connectivity index is 3.83. The summed E-state index contributed by atoms with van der Waals surface area (Å²) in [7, 11) is 12.5. The Morgan fingerprint density at radius 1 is 1.12 bits per heavy atom. The molecule has 4 nitrogen and oxygen atoms in total. The molecule has 0 heterocycles. The molecular formula is C12H28N2O2+2. The van der Waals surface area contributed by atoms with Crippen LogP contribution in [0.5, 0.6) is 0 Å². The highest BCUT2D eigenvalue weighted by Gasteiger charge is 2.20. The van der Waals surface area contributed by atoms with Gasteiger partial charge in [0.05, 0.1) is 55.3 Å². The molecule has 0 aliphatic heterocycles. The Bertz CT molecular complexity index is 226. The number of hydrogen-bond acceptors (Lipinski definition) is 2. The molecule has 0 aromatic rings. The molecular weight excluding hydrogens is 204 g/mol. The third kappa shape index (κ3) is 7.65. The van der Waals surface area contributed by atoms with E-state index in [0.717, 1.165) is 15.5 Å². The van der Waals surface area contributed by atoms with Crippen LogP contribution >= 0.6 is 0 Å². The van der Waals surface area contributed by atoms with E-state index in [0.29, 0.717) is 19.1 Å². The largest absolute Gasteiger partial charge is 0.459 e. The highest BCUT2D eigenvalue weighted by Crippen LogP contribution is 2.03. The average Bonchev–Trinajstić information content (AvgIpc) is 2.08. The van der Waals surface area contributed by atoms with Crippen molar-refractivity contribution in [3.63, 3.8) is 0 Å². The smallest absolute Gasteiger partial charge is 0.311 e. The van der Waals surface area contributed by atoms with Crippen molar-refractivity contribution >= 4 is 5.97 Å². The summed E-state index contributed by atoms with van der Waals surface area (Å²) in [5.41, 5.74) is 0. The first-order valence-electron chi connectivity index (χ1n) is 5.79. The topological polar surface area (TPSA) is 26.3 Å². The molecule has 16 heavy (non-hydrogen) atoms. The molecule has 0 spiro atoms. The quantitative estimate of drug-likeness (QED) is 0.498. The van der Waals surface area contributed by atoms with Crippen molar-refractivity contribution in [2.75, 3.05) is 55.4 Å². The second-order valence-corrected chi connectivity index (χ2v) is 6.41. The number of carbonyl (C=O) groups is 1. The molecule has 4 heteroatoms. The van der Waals surface area contributed by atoms with Crippen LogP contribution in [0.4, 0.5) is 0 Å². The van der Waals surface area contributed by atoms with Gasteiger partial charge in [-0.25, -0.2) is 0 Å². The number of hydrogen-bond donors (Lipinski definition) is 0. The van der Waals surface area contributed by atoms with E-state index >= 15 is 0 Å². The minimum Gasteiger partial charge on any atom is -0.459 e. The van der Waals surface area contributed by atoms with E-state index in [-0.39, 0.29) is 5.97 Å². The fourth-order valence-electron chi connectivity index (χ4n) is 0.936. The zero-order chi connectivity index (χ0) is 13.0. The van der Waals surface area contributed by atoms with Crippen molar-refractivity contribution in [1.82, 2.24) is 0 Å². The van der Waals surface area contributed by atoms with E-state index in [4.69, 9.17) is 4.74 Å². The van der Waals surface area contributed by atoms with Crippen molar-refractivity contribution in [3.05, 3.63) is 0 Å². The summed E-state index contributed by atoms with van der Waals surface area (Å²) in [5, 5.41) is 0. The first-order chi connectivity index (χ1) is 7.02. The van der Waals surface area contributed by atoms with Crippen LogP contribution in [0.2, 0.25) is 0 Å². The van der Waals surface area contributed by atoms with E-state index in [1.807, 2.05) is 0 Å². The number of carbonyl (C=O) groups excluding carboxylic acids is 1. The van der Waals surface area contributed by atoms with Crippen molar-refractivity contribution in [2.45, 2.75) is 19.4 Å². The summed E-state index contributed by atoms with van der Waals surface area (Å²) in [6, 6.07) is 0.327. The normalized spacial score (nSPS) is 14.7. The predicted molar refractivity (Wildman–Crippen MR) is 66.0 cm³/mol. The maximum absolute atomic E-state index is 11.5. The van der Waals surface area contributed by atoms with Gasteiger partial charge in [0.1, 0.15) is 12.6 Å². The van der Waals surface area contributed by atoms with Gasteiger partial charge < -0.3 is 13.7 Å². The van der Waals surface area contributed by atoms with Gasteiger partial charge in [0.15, 0.2) is 0 Å². The lowest BCUT2D eigenvalue weighted by atomic mass is 10.3. The summed E-state index contributed by atoms with van der Waals surface area (Å²) in [6.07, 6.45) is 0.493. The summed E-state index contributed by atoms with van der Waals surface area (Å²) in [5.74, 6) is -0.0895. The fourth-order valence-corrected chi connectivity index (χ4v) is 0.936. The molecule has 0 radical (unpaired) electrons. The number of rotatable bonds is 6. The van der Waals surface area contributed by atoms with E-state index in [9.17, 15) is 4.79 Å². The van der Waals surface area contributed by atoms with Crippen molar-refractivity contribution in [3.8, 4) is 0 Å². The molecule has 0 bridgehead atoms. The number of esters is 1. The highest BCUT2D eigenvalue weighted by atomic mass is 16.5. The third-order valence-electron chi connectivity index (χ3n) is 2.79. The molecule has 0 aromatic carbocycles. The number of ether oxygens (including phenoxy) is 1. The average molecular weight is 232 g/mol. The van der Waals surface area contributed by atoms with Gasteiger partial charge in [0.2, 0.25) is 0 Å². The minimum atomic E-state index is -0.0895. The third-order valence-corrected chi connectivity index (χ3v) is 2.79. The van der Waals surface area contributed by atoms with Crippen LogP contribution < -0.4 is 0 Å². The van der Waals surface area contributed by atoms with Crippen LogP contribution in [0.1, 0.15) is 13.3 Å². The summed E-state index contributed by atoms with van der Waals surface area (Å²) in [4.78, 5) is 11.5.